The largest absolute Gasteiger partial charge is 0.354 e. The fourth-order valence-electron chi connectivity index (χ4n) is 3.14. The molecule has 0 radical (unpaired) electrons. The van der Waals surface area contributed by atoms with Crippen LogP contribution in [-0.2, 0) is 4.74 Å². The SMILES string of the molecule is C#CC1(OC(CC(C)(C)C)c2ccccc2)CCCCC1. The van der Waals surface area contributed by atoms with Crippen LogP contribution in [-0.4, -0.2) is 5.60 Å². The van der Waals surface area contributed by atoms with E-state index in [2.05, 4.69) is 57.0 Å². The Balaban J connectivity index is 2.21. The van der Waals surface area contributed by atoms with Gasteiger partial charge in [-0.2, -0.15) is 0 Å². The van der Waals surface area contributed by atoms with E-state index in [1.165, 1.54) is 24.8 Å². The summed E-state index contributed by atoms with van der Waals surface area (Å²) in [5.74, 6) is 2.98. The van der Waals surface area contributed by atoms with Crippen molar-refractivity contribution in [1.82, 2.24) is 0 Å². The van der Waals surface area contributed by atoms with Gasteiger partial charge in [0.05, 0.1) is 6.10 Å². The first-order valence-electron chi connectivity index (χ1n) is 8.15. The van der Waals surface area contributed by atoms with Gasteiger partial charge in [-0.1, -0.05) is 63.4 Å². The molecule has 0 heterocycles. The van der Waals surface area contributed by atoms with E-state index < -0.39 is 0 Å². The molecule has 1 aliphatic carbocycles. The lowest BCUT2D eigenvalue weighted by molar-refractivity contribution is -0.0909. The summed E-state index contributed by atoms with van der Waals surface area (Å²) in [6.07, 6.45) is 12.6. The zero-order valence-corrected chi connectivity index (χ0v) is 13.7. The lowest BCUT2D eigenvalue weighted by atomic mass is 9.83. The zero-order chi connectivity index (χ0) is 15.3. The van der Waals surface area contributed by atoms with E-state index in [0.717, 1.165) is 19.3 Å². The molecule has 1 saturated carbocycles. The number of hydrogen-bond donors (Lipinski definition) is 0. The van der Waals surface area contributed by atoms with Crippen molar-refractivity contribution in [3.63, 3.8) is 0 Å². The quantitative estimate of drug-likeness (QED) is 0.662. The number of benzene rings is 1. The van der Waals surface area contributed by atoms with E-state index in [0.29, 0.717) is 0 Å². The van der Waals surface area contributed by atoms with Crippen LogP contribution in [0.2, 0.25) is 0 Å². The first kappa shape index (κ1) is 16.1. The minimum absolute atomic E-state index is 0.0837. The number of hydrogen-bond acceptors (Lipinski definition) is 1. The van der Waals surface area contributed by atoms with E-state index in [4.69, 9.17) is 11.2 Å². The Morgan fingerprint density at radius 2 is 1.76 bits per heavy atom. The molecule has 0 bridgehead atoms. The molecule has 1 aliphatic rings. The first-order chi connectivity index (χ1) is 9.94. The van der Waals surface area contributed by atoms with Crippen molar-refractivity contribution in [2.45, 2.75) is 71.0 Å². The third-order valence-corrected chi connectivity index (χ3v) is 4.26. The third kappa shape index (κ3) is 4.61. The molecule has 1 aromatic rings. The Bertz CT molecular complexity index is 469. The van der Waals surface area contributed by atoms with Crippen LogP contribution in [0, 0.1) is 17.8 Å². The van der Waals surface area contributed by atoms with E-state index in [9.17, 15) is 0 Å². The van der Waals surface area contributed by atoms with Crippen molar-refractivity contribution in [2.75, 3.05) is 0 Å². The van der Waals surface area contributed by atoms with Gasteiger partial charge in [0.15, 0.2) is 0 Å². The van der Waals surface area contributed by atoms with Gasteiger partial charge in [-0.05, 0) is 43.1 Å². The maximum absolute atomic E-state index is 6.55. The summed E-state index contributed by atoms with van der Waals surface area (Å²) in [7, 11) is 0. The van der Waals surface area contributed by atoms with E-state index >= 15 is 0 Å². The molecule has 0 aliphatic heterocycles. The summed E-state index contributed by atoms with van der Waals surface area (Å²) in [4.78, 5) is 0. The molecule has 0 amide bonds. The smallest absolute Gasteiger partial charge is 0.129 e. The lowest BCUT2D eigenvalue weighted by Crippen LogP contribution is -2.35. The number of terminal acetylenes is 1. The molecule has 0 aromatic heterocycles. The monoisotopic (exact) mass is 284 g/mol. The van der Waals surface area contributed by atoms with Gasteiger partial charge in [0.1, 0.15) is 5.60 Å². The van der Waals surface area contributed by atoms with E-state index in [-0.39, 0.29) is 17.1 Å². The molecule has 0 saturated heterocycles. The van der Waals surface area contributed by atoms with Gasteiger partial charge in [0, 0.05) is 0 Å². The van der Waals surface area contributed by atoms with Gasteiger partial charge < -0.3 is 4.74 Å². The fourth-order valence-corrected chi connectivity index (χ4v) is 3.14. The summed E-state index contributed by atoms with van der Waals surface area (Å²) < 4.78 is 6.55. The molecule has 1 nitrogen and oxygen atoms in total. The zero-order valence-electron chi connectivity index (χ0n) is 13.7. The lowest BCUT2D eigenvalue weighted by Gasteiger charge is -2.38. The van der Waals surface area contributed by atoms with Gasteiger partial charge >= 0.3 is 0 Å². The van der Waals surface area contributed by atoms with Crippen LogP contribution in [0.5, 0.6) is 0 Å². The minimum Gasteiger partial charge on any atom is -0.354 e. The summed E-state index contributed by atoms with van der Waals surface area (Å²) >= 11 is 0. The standard InChI is InChI=1S/C20H28O/c1-5-20(14-10-7-11-15-20)21-18(16-19(2,3)4)17-12-8-6-9-13-17/h1,6,8-9,12-13,18H,7,10-11,14-16H2,2-4H3. The minimum atomic E-state index is -0.357. The Hall–Kier alpha value is -1.26. The molecule has 21 heavy (non-hydrogen) atoms. The molecule has 1 atom stereocenters. The van der Waals surface area contributed by atoms with Crippen LogP contribution in [0.25, 0.3) is 0 Å². The van der Waals surface area contributed by atoms with Gasteiger partial charge in [0.25, 0.3) is 0 Å². The highest BCUT2D eigenvalue weighted by molar-refractivity contribution is 5.19. The second-order valence-corrected chi connectivity index (χ2v) is 7.48. The van der Waals surface area contributed by atoms with Crippen molar-refractivity contribution in [3.8, 4) is 12.3 Å². The number of rotatable bonds is 4. The summed E-state index contributed by atoms with van der Waals surface area (Å²) in [5.41, 5.74) is 1.10. The van der Waals surface area contributed by atoms with Crippen molar-refractivity contribution < 1.29 is 4.74 Å². The highest BCUT2D eigenvalue weighted by Crippen LogP contribution is 2.40. The van der Waals surface area contributed by atoms with Gasteiger partial charge in [0.2, 0.25) is 0 Å². The molecule has 1 unspecified atom stereocenters. The Labute approximate surface area is 130 Å². The molecule has 1 fully saturated rings. The first-order valence-corrected chi connectivity index (χ1v) is 8.15. The van der Waals surface area contributed by atoms with E-state index in [1.54, 1.807) is 0 Å². The third-order valence-electron chi connectivity index (χ3n) is 4.26. The Morgan fingerprint density at radius 3 is 2.29 bits per heavy atom. The van der Waals surface area contributed by atoms with Crippen molar-refractivity contribution in [3.05, 3.63) is 35.9 Å². The number of ether oxygens (including phenoxy) is 1. The Morgan fingerprint density at radius 1 is 1.14 bits per heavy atom. The molecule has 114 valence electrons. The van der Waals surface area contributed by atoms with E-state index in [1.807, 2.05) is 0 Å². The van der Waals surface area contributed by atoms with Crippen LogP contribution in [0.4, 0.5) is 0 Å². The average molecular weight is 284 g/mol. The van der Waals surface area contributed by atoms with Crippen LogP contribution in [0.3, 0.4) is 0 Å². The van der Waals surface area contributed by atoms with Gasteiger partial charge in [-0.15, -0.1) is 6.42 Å². The Kier molecular flexibility index (Phi) is 5.12. The fraction of sp³-hybridized carbons (Fsp3) is 0.600. The highest BCUT2D eigenvalue weighted by Gasteiger charge is 2.35. The van der Waals surface area contributed by atoms with Crippen molar-refractivity contribution in [2.24, 2.45) is 5.41 Å². The summed E-state index contributed by atoms with van der Waals surface area (Å²) in [6, 6.07) is 10.5. The molecular formula is C20H28O. The maximum atomic E-state index is 6.55. The van der Waals surface area contributed by atoms with Gasteiger partial charge in [-0.25, -0.2) is 0 Å². The van der Waals surface area contributed by atoms with Gasteiger partial charge in [-0.3, -0.25) is 0 Å². The maximum Gasteiger partial charge on any atom is 0.129 e. The molecule has 2 rings (SSSR count). The predicted molar refractivity (Wildman–Crippen MR) is 89.0 cm³/mol. The second-order valence-electron chi connectivity index (χ2n) is 7.48. The topological polar surface area (TPSA) is 9.23 Å². The van der Waals surface area contributed by atoms with Crippen LogP contribution in [0.15, 0.2) is 30.3 Å². The average Bonchev–Trinajstić information content (AvgIpc) is 2.47. The van der Waals surface area contributed by atoms with Crippen molar-refractivity contribution in [1.29, 1.82) is 0 Å². The predicted octanol–water partition coefficient (Wildman–Crippen LogP) is 5.52. The molecular weight excluding hydrogens is 256 g/mol. The molecule has 1 aromatic carbocycles. The summed E-state index contributed by atoms with van der Waals surface area (Å²) in [6.45, 7) is 6.78. The molecule has 0 spiro atoms. The summed E-state index contributed by atoms with van der Waals surface area (Å²) in [5, 5.41) is 0. The normalized spacial score (nSPS) is 19.7. The van der Waals surface area contributed by atoms with Crippen LogP contribution < -0.4 is 0 Å². The molecule has 0 N–H and O–H groups in total. The second kappa shape index (κ2) is 6.67. The highest BCUT2D eigenvalue weighted by atomic mass is 16.5. The van der Waals surface area contributed by atoms with Crippen LogP contribution >= 0.6 is 0 Å². The van der Waals surface area contributed by atoms with Crippen LogP contribution in [0.1, 0.15) is 71.0 Å². The molecule has 1 heteroatoms. The van der Waals surface area contributed by atoms with Crippen molar-refractivity contribution >= 4 is 0 Å².